The Morgan fingerprint density at radius 2 is 2.03 bits per heavy atom. The van der Waals surface area contributed by atoms with Crippen LogP contribution in [0.1, 0.15) is 17.8 Å². The van der Waals surface area contributed by atoms with Crippen LogP contribution in [0.25, 0.3) is 0 Å². The van der Waals surface area contributed by atoms with Gasteiger partial charge in [-0.3, -0.25) is 20.0 Å². The third kappa shape index (κ3) is 6.91. The number of benzene rings is 1. The van der Waals surface area contributed by atoms with Crippen molar-refractivity contribution in [1.29, 1.82) is 0 Å². The van der Waals surface area contributed by atoms with Crippen LogP contribution in [0.5, 0.6) is 0 Å². The molecule has 0 bridgehead atoms. The summed E-state index contributed by atoms with van der Waals surface area (Å²) in [6.07, 6.45) is 0. The predicted octanol–water partition coefficient (Wildman–Crippen LogP) is 2.70. The van der Waals surface area contributed by atoms with Gasteiger partial charge >= 0.3 is 0 Å². The van der Waals surface area contributed by atoms with Gasteiger partial charge in [0.2, 0.25) is 0 Å². The summed E-state index contributed by atoms with van der Waals surface area (Å²) in [7, 11) is 0. The van der Waals surface area contributed by atoms with Crippen LogP contribution >= 0.6 is 11.3 Å². The number of hydrogen-bond donors (Lipinski definition) is 3. The van der Waals surface area contributed by atoms with E-state index in [0.717, 1.165) is 38.8 Å². The Bertz CT molecular complexity index is 839. The fourth-order valence-electron chi connectivity index (χ4n) is 3.44. The molecule has 1 aromatic carbocycles. The van der Waals surface area contributed by atoms with Crippen LogP contribution in [-0.4, -0.2) is 68.3 Å². The van der Waals surface area contributed by atoms with Crippen LogP contribution in [-0.2, 0) is 4.74 Å². The van der Waals surface area contributed by atoms with Crippen LogP contribution in [0.4, 0.5) is 11.4 Å². The van der Waals surface area contributed by atoms with E-state index in [9.17, 15) is 10.1 Å². The molecule has 0 amide bonds. The quantitative estimate of drug-likeness (QED) is 0.169. The lowest BCUT2D eigenvalue weighted by molar-refractivity contribution is -0.384. The van der Waals surface area contributed by atoms with Crippen molar-refractivity contribution in [1.82, 2.24) is 15.5 Å². The molecule has 0 saturated carbocycles. The predicted molar refractivity (Wildman–Crippen MR) is 125 cm³/mol. The highest BCUT2D eigenvalue weighted by Gasteiger charge is 2.23. The van der Waals surface area contributed by atoms with Gasteiger partial charge in [0.05, 0.1) is 30.7 Å². The largest absolute Gasteiger partial charge is 0.379 e. The van der Waals surface area contributed by atoms with Crippen molar-refractivity contribution in [2.75, 3.05) is 57.8 Å². The van der Waals surface area contributed by atoms with E-state index in [0.29, 0.717) is 25.3 Å². The number of thiophene rings is 1. The van der Waals surface area contributed by atoms with Crippen LogP contribution in [0.2, 0.25) is 0 Å². The first-order valence-electron chi connectivity index (χ1n) is 10.5. The second kappa shape index (κ2) is 12.2. The minimum Gasteiger partial charge on any atom is -0.379 e. The van der Waals surface area contributed by atoms with Gasteiger partial charge in [0.15, 0.2) is 5.96 Å². The molecule has 1 atom stereocenters. The summed E-state index contributed by atoms with van der Waals surface area (Å²) in [5, 5.41) is 22.9. The minimum atomic E-state index is -0.377. The molecular formula is C21H30N6O3S. The molecule has 168 valence electrons. The van der Waals surface area contributed by atoms with E-state index in [4.69, 9.17) is 9.73 Å². The molecule has 1 fully saturated rings. The second-order valence-corrected chi connectivity index (χ2v) is 8.01. The molecule has 10 heteroatoms. The van der Waals surface area contributed by atoms with Crippen molar-refractivity contribution in [3.63, 3.8) is 0 Å². The number of ether oxygens (including phenoxy) is 1. The molecule has 31 heavy (non-hydrogen) atoms. The average Bonchev–Trinajstić information content (AvgIpc) is 3.32. The maximum atomic E-state index is 11.1. The van der Waals surface area contributed by atoms with Crippen molar-refractivity contribution in [2.45, 2.75) is 13.0 Å². The summed E-state index contributed by atoms with van der Waals surface area (Å²) in [6.45, 7) is 7.86. The van der Waals surface area contributed by atoms with E-state index < -0.39 is 0 Å². The zero-order chi connectivity index (χ0) is 21.9. The molecule has 1 aromatic heterocycles. The topological polar surface area (TPSA) is 104 Å². The Hall–Kier alpha value is -2.69. The maximum Gasteiger partial charge on any atom is 0.292 e. The molecule has 1 aliphatic heterocycles. The molecule has 2 heterocycles. The Labute approximate surface area is 186 Å². The Morgan fingerprint density at radius 1 is 1.23 bits per heavy atom. The first-order valence-corrected chi connectivity index (χ1v) is 11.4. The number of nitrogens with zero attached hydrogens (tertiary/aromatic N) is 3. The van der Waals surface area contributed by atoms with Gasteiger partial charge in [-0.2, -0.15) is 0 Å². The van der Waals surface area contributed by atoms with E-state index in [1.165, 1.54) is 10.9 Å². The first-order chi connectivity index (χ1) is 15.2. The number of anilines is 1. The summed E-state index contributed by atoms with van der Waals surface area (Å²) < 4.78 is 5.51. The van der Waals surface area contributed by atoms with Gasteiger partial charge in [-0.15, -0.1) is 11.3 Å². The number of nitro benzene ring substituents is 1. The number of rotatable bonds is 10. The van der Waals surface area contributed by atoms with E-state index in [2.05, 4.69) is 38.4 Å². The number of hydrogen-bond acceptors (Lipinski definition) is 7. The van der Waals surface area contributed by atoms with Crippen LogP contribution in [0.15, 0.2) is 46.8 Å². The Kier molecular flexibility index (Phi) is 9.07. The fourth-order valence-corrected chi connectivity index (χ4v) is 4.29. The normalized spacial score (nSPS) is 16.0. The van der Waals surface area contributed by atoms with Gasteiger partial charge in [0, 0.05) is 43.7 Å². The molecule has 3 rings (SSSR count). The molecule has 1 unspecified atom stereocenters. The number of para-hydroxylation sites is 2. The van der Waals surface area contributed by atoms with Gasteiger partial charge < -0.3 is 20.7 Å². The number of aliphatic imine (C=N–C) groups is 1. The average molecular weight is 447 g/mol. The monoisotopic (exact) mass is 446 g/mol. The van der Waals surface area contributed by atoms with Crippen LogP contribution in [0, 0.1) is 10.1 Å². The van der Waals surface area contributed by atoms with Crippen molar-refractivity contribution in [3.8, 4) is 0 Å². The number of nitro groups is 1. The lowest BCUT2D eigenvalue weighted by atomic mass is 10.2. The molecule has 0 spiro atoms. The molecule has 3 N–H and O–H groups in total. The Morgan fingerprint density at radius 3 is 2.74 bits per heavy atom. The molecule has 1 saturated heterocycles. The smallest absolute Gasteiger partial charge is 0.292 e. The summed E-state index contributed by atoms with van der Waals surface area (Å²) >= 11 is 1.75. The zero-order valence-corrected chi connectivity index (χ0v) is 18.6. The minimum absolute atomic E-state index is 0.0763. The molecular weight excluding hydrogens is 416 g/mol. The SMILES string of the molecule is CCNC(=NCC(c1cccs1)N1CCOCC1)NCCNc1ccccc1[N+](=O)[O-]. The standard InChI is InChI=1S/C21H30N6O3S/c1-2-22-21(24-10-9-23-17-6-3-4-7-18(17)27(28)29)25-16-19(20-8-5-15-31-20)26-11-13-30-14-12-26/h3-8,15,19,23H,2,9-14,16H2,1H3,(H2,22,24,25). The fraction of sp³-hybridized carbons (Fsp3) is 0.476. The molecule has 0 radical (unpaired) electrons. The highest BCUT2D eigenvalue weighted by molar-refractivity contribution is 7.10. The highest BCUT2D eigenvalue weighted by Crippen LogP contribution is 2.26. The van der Waals surface area contributed by atoms with Gasteiger partial charge in [0.1, 0.15) is 5.69 Å². The van der Waals surface area contributed by atoms with Crippen molar-refractivity contribution >= 4 is 28.7 Å². The molecule has 0 aliphatic carbocycles. The van der Waals surface area contributed by atoms with Crippen LogP contribution in [0.3, 0.4) is 0 Å². The molecule has 9 nitrogen and oxygen atoms in total. The van der Waals surface area contributed by atoms with Crippen molar-refractivity contribution in [3.05, 3.63) is 56.8 Å². The van der Waals surface area contributed by atoms with Crippen molar-refractivity contribution < 1.29 is 9.66 Å². The zero-order valence-electron chi connectivity index (χ0n) is 17.8. The van der Waals surface area contributed by atoms with E-state index in [1.807, 2.05) is 6.92 Å². The van der Waals surface area contributed by atoms with Gasteiger partial charge in [-0.1, -0.05) is 18.2 Å². The van der Waals surface area contributed by atoms with Gasteiger partial charge in [-0.05, 0) is 24.4 Å². The summed E-state index contributed by atoms with van der Waals surface area (Å²) in [4.78, 5) is 19.3. The first kappa shape index (κ1) is 23.0. The summed E-state index contributed by atoms with van der Waals surface area (Å²) in [5.74, 6) is 0.738. The number of nitrogens with one attached hydrogen (secondary N) is 3. The second-order valence-electron chi connectivity index (χ2n) is 7.03. The highest BCUT2D eigenvalue weighted by atomic mass is 32.1. The lowest BCUT2D eigenvalue weighted by Gasteiger charge is -2.33. The number of morpholine rings is 1. The summed E-state index contributed by atoms with van der Waals surface area (Å²) in [6, 6.07) is 11.1. The van der Waals surface area contributed by atoms with Crippen molar-refractivity contribution in [2.24, 2.45) is 4.99 Å². The summed E-state index contributed by atoms with van der Waals surface area (Å²) in [5.41, 5.74) is 0.591. The third-order valence-electron chi connectivity index (χ3n) is 4.96. The molecule has 2 aromatic rings. The van der Waals surface area contributed by atoms with Crippen LogP contribution < -0.4 is 16.0 Å². The third-order valence-corrected chi connectivity index (χ3v) is 5.93. The Balaban J connectivity index is 1.57. The number of guanidine groups is 1. The van der Waals surface area contributed by atoms with E-state index in [1.54, 1.807) is 29.5 Å². The maximum absolute atomic E-state index is 11.1. The molecule has 1 aliphatic rings. The van der Waals surface area contributed by atoms with Gasteiger partial charge in [-0.25, -0.2) is 0 Å². The van der Waals surface area contributed by atoms with E-state index in [-0.39, 0.29) is 16.7 Å². The van der Waals surface area contributed by atoms with Gasteiger partial charge in [0.25, 0.3) is 5.69 Å². The van der Waals surface area contributed by atoms with E-state index >= 15 is 0 Å². The lowest BCUT2D eigenvalue weighted by Crippen LogP contribution is -2.42.